The Balaban J connectivity index is 2.63. The average Bonchev–Trinajstić information content (AvgIpc) is 2.45. The van der Waals surface area contributed by atoms with Crippen LogP contribution in [0.4, 0.5) is 0 Å². The van der Waals surface area contributed by atoms with Gasteiger partial charge in [-0.1, -0.05) is 0 Å². The van der Waals surface area contributed by atoms with Gasteiger partial charge >= 0.3 is 0 Å². The minimum absolute atomic E-state index is 0.636. The van der Waals surface area contributed by atoms with Crippen LogP contribution < -0.4 is 0 Å². The molecule has 0 bridgehead atoms. The van der Waals surface area contributed by atoms with Crippen molar-refractivity contribution in [2.75, 3.05) is 0 Å². The lowest BCUT2D eigenvalue weighted by Crippen LogP contribution is -2.15. The maximum atomic E-state index is 9.75. The van der Waals surface area contributed by atoms with Crippen molar-refractivity contribution in [1.29, 1.82) is 0 Å². The molecule has 2 aromatic heterocycles. The first-order valence-electron chi connectivity index (χ1n) is 4.20. The molecule has 4 nitrogen and oxygen atoms in total. The largest absolute Gasteiger partial charge is 0.384 e. The Morgan fingerprint density at radius 3 is 2.79 bits per heavy atom. The van der Waals surface area contributed by atoms with E-state index in [-0.39, 0.29) is 0 Å². The first kappa shape index (κ1) is 9.61. The van der Waals surface area contributed by atoms with Gasteiger partial charge in [0.25, 0.3) is 0 Å². The molecule has 2 rings (SSSR count). The Hall–Kier alpha value is -0.940. The topological polar surface area (TPSA) is 50.4 Å². The summed E-state index contributed by atoms with van der Waals surface area (Å²) in [5.41, 5.74) is 0.445. The zero-order chi connectivity index (χ0) is 10.3. The Labute approximate surface area is 89.7 Å². The summed E-state index contributed by atoms with van der Waals surface area (Å²) in [4.78, 5) is 8.31. The molecule has 2 heterocycles. The monoisotopic (exact) mass is 255 g/mol. The first-order valence-corrected chi connectivity index (χ1v) is 4.99. The van der Waals surface area contributed by atoms with Gasteiger partial charge in [0.05, 0.1) is 11.9 Å². The third-order valence-electron chi connectivity index (χ3n) is 1.94. The highest BCUT2D eigenvalue weighted by atomic mass is 79.9. The molecular weight excluding hydrogens is 246 g/mol. The van der Waals surface area contributed by atoms with Crippen molar-refractivity contribution < 1.29 is 5.11 Å². The summed E-state index contributed by atoms with van der Waals surface area (Å²) in [7, 11) is 0. The van der Waals surface area contributed by atoms with Crippen LogP contribution in [-0.2, 0) is 5.60 Å². The SMILES string of the molecule is CC(C)(O)c1cn2cc(Br)ncc2n1. The molecule has 5 heteroatoms. The van der Waals surface area contributed by atoms with Crippen molar-refractivity contribution in [2.24, 2.45) is 0 Å². The molecule has 74 valence electrons. The molecule has 0 fully saturated rings. The highest BCUT2D eigenvalue weighted by Gasteiger charge is 2.19. The van der Waals surface area contributed by atoms with Crippen LogP contribution >= 0.6 is 15.9 Å². The summed E-state index contributed by atoms with van der Waals surface area (Å²) in [6, 6.07) is 0. The summed E-state index contributed by atoms with van der Waals surface area (Å²) in [5, 5.41) is 9.75. The minimum atomic E-state index is -0.918. The zero-order valence-corrected chi connectivity index (χ0v) is 9.48. The number of hydrogen-bond acceptors (Lipinski definition) is 3. The van der Waals surface area contributed by atoms with Crippen molar-refractivity contribution in [3.63, 3.8) is 0 Å². The van der Waals surface area contributed by atoms with Gasteiger partial charge < -0.3 is 9.51 Å². The molecule has 0 aliphatic heterocycles. The van der Waals surface area contributed by atoms with Gasteiger partial charge in [-0.2, -0.15) is 0 Å². The van der Waals surface area contributed by atoms with Crippen molar-refractivity contribution in [3.8, 4) is 0 Å². The molecule has 0 aromatic carbocycles. The normalized spacial score (nSPS) is 12.3. The van der Waals surface area contributed by atoms with E-state index in [0.717, 1.165) is 10.3 Å². The van der Waals surface area contributed by atoms with Gasteiger partial charge in [0.2, 0.25) is 0 Å². The molecule has 0 radical (unpaired) electrons. The lowest BCUT2D eigenvalue weighted by molar-refractivity contribution is 0.0744. The summed E-state index contributed by atoms with van der Waals surface area (Å²) in [5.74, 6) is 0. The van der Waals surface area contributed by atoms with Crippen LogP contribution in [0.2, 0.25) is 0 Å². The molecule has 14 heavy (non-hydrogen) atoms. The average molecular weight is 256 g/mol. The predicted octanol–water partition coefficient (Wildman–Crippen LogP) is 1.72. The van der Waals surface area contributed by atoms with Crippen molar-refractivity contribution in [2.45, 2.75) is 19.4 Å². The number of aliphatic hydroxyl groups is 1. The summed E-state index contributed by atoms with van der Waals surface area (Å²) in [6.07, 6.45) is 5.25. The number of rotatable bonds is 1. The molecule has 0 unspecified atom stereocenters. The van der Waals surface area contributed by atoms with Gasteiger partial charge in [-0.15, -0.1) is 0 Å². The van der Waals surface area contributed by atoms with E-state index in [2.05, 4.69) is 25.9 Å². The van der Waals surface area contributed by atoms with Crippen LogP contribution in [0.25, 0.3) is 5.65 Å². The van der Waals surface area contributed by atoms with Crippen LogP contribution in [0.1, 0.15) is 19.5 Å². The molecule has 0 saturated carbocycles. The van der Waals surface area contributed by atoms with Gasteiger partial charge in [-0.05, 0) is 29.8 Å². The lowest BCUT2D eigenvalue weighted by atomic mass is 10.1. The predicted molar refractivity (Wildman–Crippen MR) is 55.9 cm³/mol. The molecule has 0 aliphatic carbocycles. The fraction of sp³-hybridized carbons (Fsp3) is 0.333. The Morgan fingerprint density at radius 2 is 2.14 bits per heavy atom. The second-order valence-electron chi connectivity index (χ2n) is 3.66. The number of nitrogens with zero attached hydrogens (tertiary/aromatic N) is 3. The molecule has 2 aromatic rings. The number of imidazole rings is 1. The lowest BCUT2D eigenvalue weighted by Gasteiger charge is -2.12. The van der Waals surface area contributed by atoms with Gasteiger partial charge in [-0.3, -0.25) is 0 Å². The van der Waals surface area contributed by atoms with E-state index < -0.39 is 5.60 Å². The molecule has 0 aliphatic rings. The maximum absolute atomic E-state index is 9.75. The smallest absolute Gasteiger partial charge is 0.155 e. The van der Waals surface area contributed by atoms with E-state index >= 15 is 0 Å². The fourth-order valence-corrected chi connectivity index (χ4v) is 1.49. The number of fused-ring (bicyclic) bond motifs is 1. The molecule has 0 amide bonds. The van der Waals surface area contributed by atoms with Gasteiger partial charge in [0.15, 0.2) is 5.65 Å². The number of halogens is 1. The third-order valence-corrected chi connectivity index (χ3v) is 2.35. The van der Waals surface area contributed by atoms with E-state index in [4.69, 9.17) is 0 Å². The molecule has 0 atom stereocenters. The zero-order valence-electron chi connectivity index (χ0n) is 7.90. The fourth-order valence-electron chi connectivity index (χ4n) is 1.17. The molecular formula is C9H10BrN3O. The maximum Gasteiger partial charge on any atom is 0.155 e. The van der Waals surface area contributed by atoms with E-state index in [1.165, 1.54) is 0 Å². The summed E-state index contributed by atoms with van der Waals surface area (Å²) < 4.78 is 2.56. The minimum Gasteiger partial charge on any atom is -0.384 e. The van der Waals surface area contributed by atoms with E-state index in [1.54, 1.807) is 32.4 Å². The van der Waals surface area contributed by atoms with Crippen LogP contribution in [0, 0.1) is 0 Å². The number of hydrogen-bond donors (Lipinski definition) is 1. The van der Waals surface area contributed by atoms with Crippen LogP contribution in [0.5, 0.6) is 0 Å². The quantitative estimate of drug-likeness (QED) is 0.845. The summed E-state index contributed by atoms with van der Waals surface area (Å²) in [6.45, 7) is 3.41. The summed E-state index contributed by atoms with van der Waals surface area (Å²) >= 11 is 3.27. The van der Waals surface area contributed by atoms with Crippen molar-refractivity contribution in [1.82, 2.24) is 14.4 Å². The highest BCUT2D eigenvalue weighted by molar-refractivity contribution is 9.10. The standard InChI is InChI=1S/C9H10BrN3O/c1-9(2,14)6-4-13-5-7(10)11-3-8(13)12-6/h3-5,14H,1-2H3. The van der Waals surface area contributed by atoms with Crippen LogP contribution in [0.3, 0.4) is 0 Å². The van der Waals surface area contributed by atoms with E-state index in [9.17, 15) is 5.11 Å². The van der Waals surface area contributed by atoms with Crippen molar-refractivity contribution in [3.05, 3.63) is 28.9 Å². The second kappa shape index (κ2) is 3.03. The first-order chi connectivity index (χ1) is 6.47. The van der Waals surface area contributed by atoms with E-state index in [1.807, 2.05) is 4.40 Å². The third kappa shape index (κ3) is 1.65. The Bertz CT molecular complexity index is 472. The Morgan fingerprint density at radius 1 is 1.43 bits per heavy atom. The second-order valence-corrected chi connectivity index (χ2v) is 4.47. The molecule has 0 spiro atoms. The molecule has 0 saturated heterocycles. The van der Waals surface area contributed by atoms with E-state index in [0.29, 0.717) is 5.69 Å². The van der Waals surface area contributed by atoms with Crippen molar-refractivity contribution >= 4 is 21.6 Å². The highest BCUT2D eigenvalue weighted by Crippen LogP contribution is 2.19. The van der Waals surface area contributed by atoms with Gasteiger partial charge in [-0.25, -0.2) is 9.97 Å². The number of aromatic nitrogens is 3. The van der Waals surface area contributed by atoms with Crippen LogP contribution in [-0.4, -0.2) is 19.5 Å². The van der Waals surface area contributed by atoms with Crippen LogP contribution in [0.15, 0.2) is 23.2 Å². The van der Waals surface area contributed by atoms with Gasteiger partial charge in [0, 0.05) is 12.4 Å². The Kier molecular flexibility index (Phi) is 2.08. The van der Waals surface area contributed by atoms with Gasteiger partial charge in [0.1, 0.15) is 10.2 Å². The molecule has 1 N–H and O–H groups in total.